The van der Waals surface area contributed by atoms with E-state index >= 15 is 0 Å². The van der Waals surface area contributed by atoms with Gasteiger partial charge in [-0.25, -0.2) is 0 Å². The van der Waals surface area contributed by atoms with Gasteiger partial charge < -0.3 is 11.1 Å². The summed E-state index contributed by atoms with van der Waals surface area (Å²) in [7, 11) is 0. The van der Waals surface area contributed by atoms with Gasteiger partial charge in [0.25, 0.3) is 0 Å². The lowest BCUT2D eigenvalue weighted by Crippen LogP contribution is -2.50. The second-order valence-corrected chi connectivity index (χ2v) is 7.22. The molecule has 0 bridgehead atoms. The normalized spacial score (nSPS) is 22.0. The first-order chi connectivity index (χ1) is 10.0. The van der Waals surface area contributed by atoms with Crippen molar-refractivity contribution in [3.8, 4) is 0 Å². The van der Waals surface area contributed by atoms with Crippen LogP contribution in [0.5, 0.6) is 0 Å². The van der Waals surface area contributed by atoms with Gasteiger partial charge in [-0.15, -0.1) is 0 Å². The van der Waals surface area contributed by atoms with Gasteiger partial charge in [0.2, 0.25) is 5.91 Å². The lowest BCUT2D eigenvalue weighted by atomic mass is 10.0. The van der Waals surface area contributed by atoms with Gasteiger partial charge in [-0.2, -0.15) is 0 Å². The van der Waals surface area contributed by atoms with Gasteiger partial charge in [0, 0.05) is 30.1 Å². The highest BCUT2D eigenvalue weighted by Gasteiger charge is 2.46. The highest BCUT2D eigenvalue weighted by molar-refractivity contribution is 9.10. The fourth-order valence-corrected chi connectivity index (χ4v) is 3.04. The smallest absolute Gasteiger partial charge is 0.240 e. The van der Waals surface area contributed by atoms with Crippen molar-refractivity contribution in [2.45, 2.75) is 43.8 Å². The average molecular weight is 352 g/mol. The van der Waals surface area contributed by atoms with Crippen LogP contribution in [-0.2, 0) is 11.3 Å². The second kappa shape index (κ2) is 6.07. The van der Waals surface area contributed by atoms with E-state index in [1.807, 2.05) is 0 Å². The van der Waals surface area contributed by atoms with E-state index in [4.69, 9.17) is 5.73 Å². The van der Waals surface area contributed by atoms with Gasteiger partial charge in [0.15, 0.2) is 0 Å². The summed E-state index contributed by atoms with van der Waals surface area (Å²) in [5.41, 5.74) is 6.71. The van der Waals surface area contributed by atoms with Crippen molar-refractivity contribution in [3.05, 3.63) is 34.3 Å². The molecule has 1 saturated carbocycles. The molecule has 0 atom stereocenters. The molecule has 0 radical (unpaired) electrons. The van der Waals surface area contributed by atoms with Gasteiger partial charge in [-0.3, -0.25) is 9.69 Å². The number of halogens is 1. The zero-order valence-electron chi connectivity index (χ0n) is 12.1. The van der Waals surface area contributed by atoms with Crippen LogP contribution in [-0.4, -0.2) is 35.5 Å². The van der Waals surface area contributed by atoms with Crippen molar-refractivity contribution >= 4 is 21.8 Å². The molecule has 1 aromatic rings. The number of nitrogens with two attached hydrogens (primary N) is 1. The standard InChI is InChI=1S/C16H22BrN3O/c17-13-3-1-12(2-4-13)11-20-9-5-14(6-10-20)19-15(21)16(18)7-8-16/h1-4,14H,5-11,18H2,(H,19,21). The maximum Gasteiger partial charge on any atom is 0.240 e. The minimum absolute atomic E-state index is 0.0499. The number of carbonyl (C=O) groups is 1. The van der Waals surface area contributed by atoms with E-state index in [-0.39, 0.29) is 5.91 Å². The summed E-state index contributed by atoms with van der Waals surface area (Å²) in [5.74, 6) is 0.0499. The fraction of sp³-hybridized carbons (Fsp3) is 0.562. The molecule has 1 saturated heterocycles. The Bertz CT molecular complexity index is 505. The van der Waals surface area contributed by atoms with E-state index < -0.39 is 5.54 Å². The van der Waals surface area contributed by atoms with Crippen molar-refractivity contribution < 1.29 is 4.79 Å². The minimum atomic E-state index is -0.547. The summed E-state index contributed by atoms with van der Waals surface area (Å²) in [6.07, 6.45) is 3.69. The van der Waals surface area contributed by atoms with Gasteiger partial charge >= 0.3 is 0 Å². The molecule has 1 heterocycles. The summed E-state index contributed by atoms with van der Waals surface area (Å²) >= 11 is 3.46. The topological polar surface area (TPSA) is 58.4 Å². The van der Waals surface area contributed by atoms with Crippen molar-refractivity contribution in [2.75, 3.05) is 13.1 Å². The lowest BCUT2D eigenvalue weighted by Gasteiger charge is -2.32. The van der Waals surface area contributed by atoms with E-state index in [0.717, 1.165) is 49.8 Å². The van der Waals surface area contributed by atoms with Crippen LogP contribution in [0.4, 0.5) is 0 Å². The third-order valence-corrected chi connectivity index (χ3v) is 5.01. The lowest BCUT2D eigenvalue weighted by molar-refractivity contribution is -0.124. The molecule has 4 nitrogen and oxygen atoms in total. The van der Waals surface area contributed by atoms with Crippen molar-refractivity contribution in [3.63, 3.8) is 0 Å². The Morgan fingerprint density at radius 1 is 1.29 bits per heavy atom. The number of benzene rings is 1. The predicted molar refractivity (Wildman–Crippen MR) is 86.7 cm³/mol. The van der Waals surface area contributed by atoms with E-state index in [9.17, 15) is 4.79 Å². The molecule has 3 N–H and O–H groups in total. The molecule has 114 valence electrons. The Balaban J connectivity index is 1.44. The Morgan fingerprint density at radius 3 is 2.48 bits per heavy atom. The molecule has 2 aliphatic rings. The molecule has 1 aliphatic carbocycles. The molecule has 3 rings (SSSR count). The number of nitrogens with one attached hydrogen (secondary N) is 1. The molecule has 2 fully saturated rings. The molecule has 1 amide bonds. The number of hydrogen-bond acceptors (Lipinski definition) is 3. The highest BCUT2D eigenvalue weighted by Crippen LogP contribution is 2.32. The van der Waals surface area contributed by atoms with Crippen molar-refractivity contribution in [1.29, 1.82) is 0 Å². The number of amides is 1. The summed E-state index contributed by atoms with van der Waals surface area (Å²) in [6.45, 7) is 3.03. The van der Waals surface area contributed by atoms with Crippen LogP contribution in [0.2, 0.25) is 0 Å². The predicted octanol–water partition coefficient (Wildman–Crippen LogP) is 2.02. The summed E-state index contributed by atoms with van der Waals surface area (Å²) in [5, 5.41) is 3.12. The monoisotopic (exact) mass is 351 g/mol. The molecule has 1 aromatic carbocycles. The summed E-state index contributed by atoms with van der Waals surface area (Å²) in [4.78, 5) is 14.4. The summed E-state index contributed by atoms with van der Waals surface area (Å²) in [6, 6.07) is 8.77. The summed E-state index contributed by atoms with van der Waals surface area (Å²) < 4.78 is 1.11. The van der Waals surface area contributed by atoms with Crippen LogP contribution in [0, 0.1) is 0 Å². The first-order valence-electron chi connectivity index (χ1n) is 7.62. The third-order valence-electron chi connectivity index (χ3n) is 4.48. The van der Waals surface area contributed by atoms with E-state index in [1.165, 1.54) is 5.56 Å². The van der Waals surface area contributed by atoms with Crippen LogP contribution >= 0.6 is 15.9 Å². The van der Waals surface area contributed by atoms with E-state index in [2.05, 4.69) is 50.4 Å². The van der Waals surface area contributed by atoms with Crippen LogP contribution < -0.4 is 11.1 Å². The largest absolute Gasteiger partial charge is 0.352 e. The molecule has 21 heavy (non-hydrogen) atoms. The van der Waals surface area contributed by atoms with E-state index in [1.54, 1.807) is 0 Å². The second-order valence-electron chi connectivity index (χ2n) is 6.31. The first kappa shape index (κ1) is 15.0. The molecule has 0 spiro atoms. The molecule has 0 aromatic heterocycles. The number of nitrogens with zero attached hydrogens (tertiary/aromatic N) is 1. The first-order valence-corrected chi connectivity index (χ1v) is 8.41. The Morgan fingerprint density at radius 2 is 1.90 bits per heavy atom. The maximum absolute atomic E-state index is 11.9. The van der Waals surface area contributed by atoms with Crippen molar-refractivity contribution in [1.82, 2.24) is 10.2 Å². The molecule has 0 unspecified atom stereocenters. The molecule has 1 aliphatic heterocycles. The maximum atomic E-state index is 11.9. The number of likely N-dealkylation sites (tertiary alicyclic amines) is 1. The van der Waals surface area contributed by atoms with Crippen LogP contribution in [0.15, 0.2) is 28.7 Å². The SMILES string of the molecule is NC1(C(=O)NC2CCN(Cc3ccc(Br)cc3)CC2)CC1. The number of rotatable bonds is 4. The van der Waals surface area contributed by atoms with E-state index in [0.29, 0.717) is 6.04 Å². The minimum Gasteiger partial charge on any atom is -0.352 e. The van der Waals surface area contributed by atoms with Crippen LogP contribution in [0.1, 0.15) is 31.2 Å². The molecular formula is C16H22BrN3O. The van der Waals surface area contributed by atoms with Crippen molar-refractivity contribution in [2.24, 2.45) is 5.73 Å². The fourth-order valence-electron chi connectivity index (χ4n) is 2.77. The van der Waals surface area contributed by atoms with Crippen LogP contribution in [0.25, 0.3) is 0 Å². The van der Waals surface area contributed by atoms with Gasteiger partial charge in [0.05, 0.1) is 5.54 Å². The highest BCUT2D eigenvalue weighted by atomic mass is 79.9. The quantitative estimate of drug-likeness (QED) is 0.872. The van der Waals surface area contributed by atoms with Gasteiger partial charge in [0.1, 0.15) is 0 Å². The third kappa shape index (κ3) is 3.84. The Labute approximate surface area is 134 Å². The van der Waals surface area contributed by atoms with Gasteiger partial charge in [-0.05, 0) is 43.4 Å². The number of piperidine rings is 1. The Kier molecular flexibility index (Phi) is 4.33. The van der Waals surface area contributed by atoms with Crippen LogP contribution in [0.3, 0.4) is 0 Å². The number of carbonyl (C=O) groups excluding carboxylic acids is 1. The molecular weight excluding hydrogens is 330 g/mol. The zero-order valence-corrected chi connectivity index (χ0v) is 13.7. The Hall–Kier alpha value is -0.910. The molecule has 5 heteroatoms. The zero-order chi connectivity index (χ0) is 14.9. The average Bonchev–Trinajstić information content (AvgIpc) is 3.23. The van der Waals surface area contributed by atoms with Gasteiger partial charge in [-0.1, -0.05) is 28.1 Å². The number of hydrogen-bond donors (Lipinski definition) is 2.